The second-order valence-corrected chi connectivity index (χ2v) is 6.53. The first-order valence-electron chi connectivity index (χ1n) is 8.80. The molecule has 2 heterocycles. The molecule has 1 aliphatic rings. The molecule has 2 amide bonds. The number of urea groups is 1. The summed E-state index contributed by atoms with van der Waals surface area (Å²) in [7, 11) is 0. The minimum atomic E-state index is -4.38. The molecule has 0 bridgehead atoms. The summed E-state index contributed by atoms with van der Waals surface area (Å²) in [5.74, 6) is 1.33. The molecular weight excluding hydrogens is 357 g/mol. The topological polar surface area (TPSA) is 57.3 Å². The fourth-order valence-electron chi connectivity index (χ4n) is 3.06. The van der Waals surface area contributed by atoms with Gasteiger partial charge in [0.1, 0.15) is 5.82 Å². The lowest BCUT2D eigenvalue weighted by molar-refractivity contribution is -0.137. The van der Waals surface area contributed by atoms with Crippen LogP contribution >= 0.6 is 0 Å². The van der Waals surface area contributed by atoms with E-state index in [2.05, 4.69) is 20.5 Å². The molecule has 1 aliphatic heterocycles. The van der Waals surface area contributed by atoms with Crippen LogP contribution in [0.15, 0.2) is 48.7 Å². The van der Waals surface area contributed by atoms with Gasteiger partial charge in [0.15, 0.2) is 0 Å². The van der Waals surface area contributed by atoms with Crippen molar-refractivity contribution in [1.29, 1.82) is 0 Å². The van der Waals surface area contributed by atoms with E-state index in [4.69, 9.17) is 0 Å². The van der Waals surface area contributed by atoms with Crippen molar-refractivity contribution >= 4 is 17.5 Å². The highest BCUT2D eigenvalue weighted by Crippen LogP contribution is 2.29. The molecule has 0 spiro atoms. The van der Waals surface area contributed by atoms with Gasteiger partial charge in [0.2, 0.25) is 0 Å². The van der Waals surface area contributed by atoms with Gasteiger partial charge >= 0.3 is 12.2 Å². The number of pyridine rings is 1. The maximum absolute atomic E-state index is 12.5. The summed E-state index contributed by atoms with van der Waals surface area (Å²) in [6, 6.07) is 9.79. The number of amides is 2. The Balaban J connectivity index is 1.41. The van der Waals surface area contributed by atoms with Crippen molar-refractivity contribution in [3.05, 3.63) is 54.2 Å². The van der Waals surface area contributed by atoms with Crippen LogP contribution in [0.25, 0.3) is 0 Å². The standard InChI is InChI=1S/C19H21F3N4O/c20-19(21,22)15-4-6-16(7-5-15)25-18(27)24-13-14-8-11-26(12-9-14)17-3-1-2-10-23-17/h1-7,10,14H,8-9,11-13H2,(H2,24,25,27). The van der Waals surface area contributed by atoms with E-state index in [1.165, 1.54) is 12.1 Å². The maximum Gasteiger partial charge on any atom is 0.416 e. The SMILES string of the molecule is O=C(NCC1CCN(c2ccccn2)CC1)Nc1ccc(C(F)(F)F)cc1. The Morgan fingerprint density at radius 1 is 1.11 bits per heavy atom. The van der Waals surface area contributed by atoms with E-state index in [-0.39, 0.29) is 0 Å². The third kappa shape index (κ3) is 5.35. The van der Waals surface area contributed by atoms with Gasteiger partial charge in [-0.15, -0.1) is 0 Å². The van der Waals surface area contributed by atoms with Gasteiger partial charge in [-0.3, -0.25) is 0 Å². The number of anilines is 2. The highest BCUT2D eigenvalue weighted by molar-refractivity contribution is 5.89. The van der Waals surface area contributed by atoms with Crippen molar-refractivity contribution in [2.45, 2.75) is 19.0 Å². The van der Waals surface area contributed by atoms with Crippen LogP contribution in [-0.2, 0) is 6.18 Å². The quantitative estimate of drug-likeness (QED) is 0.841. The molecule has 1 aromatic heterocycles. The number of carbonyl (C=O) groups is 1. The molecule has 8 heteroatoms. The van der Waals surface area contributed by atoms with Crippen LogP contribution in [0.4, 0.5) is 29.5 Å². The number of hydrogen-bond donors (Lipinski definition) is 2. The lowest BCUT2D eigenvalue weighted by Gasteiger charge is -2.32. The number of piperidine rings is 1. The highest BCUT2D eigenvalue weighted by atomic mass is 19.4. The van der Waals surface area contributed by atoms with Crippen LogP contribution in [-0.4, -0.2) is 30.6 Å². The van der Waals surface area contributed by atoms with Gasteiger partial charge in [0.25, 0.3) is 0 Å². The monoisotopic (exact) mass is 378 g/mol. The Morgan fingerprint density at radius 3 is 2.41 bits per heavy atom. The Bertz CT molecular complexity index is 742. The molecule has 5 nitrogen and oxygen atoms in total. The molecule has 0 saturated carbocycles. The predicted molar refractivity (Wildman–Crippen MR) is 97.6 cm³/mol. The van der Waals surface area contributed by atoms with Gasteiger partial charge in [0.05, 0.1) is 5.56 Å². The first-order chi connectivity index (χ1) is 12.9. The third-order valence-corrected chi connectivity index (χ3v) is 4.61. The number of rotatable bonds is 4. The number of benzene rings is 1. The molecule has 0 aliphatic carbocycles. The fraction of sp³-hybridized carbons (Fsp3) is 0.368. The van der Waals surface area contributed by atoms with Crippen LogP contribution in [0.3, 0.4) is 0 Å². The summed E-state index contributed by atoms with van der Waals surface area (Å²) >= 11 is 0. The first kappa shape index (κ1) is 19.0. The molecular formula is C19H21F3N4O. The Morgan fingerprint density at radius 2 is 1.81 bits per heavy atom. The Labute approximate surface area is 155 Å². The van der Waals surface area contributed by atoms with E-state index in [1.54, 1.807) is 6.20 Å². The first-order valence-corrected chi connectivity index (χ1v) is 8.80. The van der Waals surface area contributed by atoms with E-state index >= 15 is 0 Å². The van der Waals surface area contributed by atoms with Gasteiger partial charge in [-0.2, -0.15) is 13.2 Å². The molecule has 0 atom stereocenters. The smallest absolute Gasteiger partial charge is 0.357 e. The zero-order valence-electron chi connectivity index (χ0n) is 14.7. The average molecular weight is 378 g/mol. The summed E-state index contributed by atoms with van der Waals surface area (Å²) in [6.45, 7) is 2.29. The van der Waals surface area contributed by atoms with Gasteiger partial charge in [-0.1, -0.05) is 6.07 Å². The molecule has 0 radical (unpaired) electrons. The van der Waals surface area contributed by atoms with Crippen molar-refractivity contribution < 1.29 is 18.0 Å². The van der Waals surface area contributed by atoms with Gasteiger partial charge in [0, 0.05) is 31.5 Å². The molecule has 1 fully saturated rings. The molecule has 1 aromatic carbocycles. The van der Waals surface area contributed by atoms with E-state index in [0.29, 0.717) is 18.2 Å². The van der Waals surface area contributed by atoms with Crippen molar-refractivity contribution in [2.75, 3.05) is 29.9 Å². The molecule has 3 rings (SSSR count). The Kier molecular flexibility index (Phi) is 5.83. The van der Waals surface area contributed by atoms with Gasteiger partial charge in [-0.25, -0.2) is 9.78 Å². The van der Waals surface area contributed by atoms with Crippen molar-refractivity contribution in [3.8, 4) is 0 Å². The van der Waals surface area contributed by atoms with Crippen molar-refractivity contribution in [3.63, 3.8) is 0 Å². The lowest BCUT2D eigenvalue weighted by atomic mass is 9.97. The number of nitrogens with zero attached hydrogens (tertiary/aromatic N) is 2. The Hall–Kier alpha value is -2.77. The summed E-state index contributed by atoms with van der Waals surface area (Å²) in [4.78, 5) is 18.5. The van der Waals surface area contributed by atoms with E-state index in [0.717, 1.165) is 43.9 Å². The maximum atomic E-state index is 12.5. The normalized spacial score (nSPS) is 15.4. The molecule has 0 unspecified atom stereocenters. The zero-order valence-corrected chi connectivity index (χ0v) is 14.7. The van der Waals surface area contributed by atoms with Crippen LogP contribution in [0.1, 0.15) is 18.4 Å². The third-order valence-electron chi connectivity index (χ3n) is 4.61. The summed E-state index contributed by atoms with van der Waals surface area (Å²) < 4.78 is 37.6. The number of carbonyl (C=O) groups excluding carboxylic acids is 1. The minimum Gasteiger partial charge on any atom is -0.357 e. The van der Waals surface area contributed by atoms with E-state index in [9.17, 15) is 18.0 Å². The summed E-state index contributed by atoms with van der Waals surface area (Å²) in [5, 5.41) is 5.35. The summed E-state index contributed by atoms with van der Waals surface area (Å²) in [5.41, 5.74) is -0.418. The molecule has 1 saturated heterocycles. The molecule has 2 aromatic rings. The number of aromatic nitrogens is 1. The number of hydrogen-bond acceptors (Lipinski definition) is 3. The molecule has 144 valence electrons. The number of halogens is 3. The minimum absolute atomic E-state index is 0.325. The second-order valence-electron chi connectivity index (χ2n) is 6.53. The average Bonchev–Trinajstić information content (AvgIpc) is 2.67. The largest absolute Gasteiger partial charge is 0.416 e. The van der Waals surface area contributed by atoms with Crippen molar-refractivity contribution in [2.24, 2.45) is 5.92 Å². The molecule has 2 N–H and O–H groups in total. The van der Waals surface area contributed by atoms with Gasteiger partial charge in [-0.05, 0) is 55.2 Å². The predicted octanol–water partition coefficient (Wildman–Crippen LogP) is 4.14. The molecule has 27 heavy (non-hydrogen) atoms. The van der Waals surface area contributed by atoms with Crippen molar-refractivity contribution in [1.82, 2.24) is 10.3 Å². The van der Waals surface area contributed by atoms with Crippen LogP contribution in [0.2, 0.25) is 0 Å². The van der Waals surface area contributed by atoms with Crippen LogP contribution < -0.4 is 15.5 Å². The fourth-order valence-corrected chi connectivity index (χ4v) is 3.06. The zero-order chi connectivity index (χ0) is 19.3. The summed E-state index contributed by atoms with van der Waals surface area (Å²) in [6.07, 6.45) is -0.728. The van der Waals surface area contributed by atoms with E-state index < -0.39 is 17.8 Å². The van der Waals surface area contributed by atoms with Gasteiger partial charge < -0.3 is 15.5 Å². The lowest BCUT2D eigenvalue weighted by Crippen LogP contribution is -2.40. The van der Waals surface area contributed by atoms with Crippen LogP contribution in [0, 0.1) is 5.92 Å². The second kappa shape index (κ2) is 8.28. The number of nitrogens with one attached hydrogen (secondary N) is 2. The van der Waals surface area contributed by atoms with E-state index in [1.807, 2.05) is 18.2 Å². The number of alkyl halides is 3. The van der Waals surface area contributed by atoms with Crippen LogP contribution in [0.5, 0.6) is 0 Å². The highest BCUT2D eigenvalue weighted by Gasteiger charge is 2.30.